The van der Waals surface area contributed by atoms with E-state index in [2.05, 4.69) is 20.2 Å². The molecule has 0 amide bonds. The van der Waals surface area contributed by atoms with Crippen LogP contribution in [0.25, 0.3) is 0 Å². The van der Waals surface area contributed by atoms with Gasteiger partial charge in [-0.05, 0) is 25.7 Å². The molecule has 116 valence electrons. The van der Waals surface area contributed by atoms with Gasteiger partial charge >= 0.3 is 0 Å². The first-order valence-corrected chi connectivity index (χ1v) is 8.26. The summed E-state index contributed by atoms with van der Waals surface area (Å²) in [6.45, 7) is 2.07. The minimum atomic E-state index is -0.137. The van der Waals surface area contributed by atoms with Crippen LogP contribution in [-0.4, -0.2) is 51.3 Å². The fourth-order valence-corrected chi connectivity index (χ4v) is 3.66. The Bertz CT molecular complexity index is 465. The molecular weight excluding hydrogens is 288 g/mol. The van der Waals surface area contributed by atoms with Gasteiger partial charge in [0, 0.05) is 25.2 Å². The molecule has 2 aliphatic rings. The van der Waals surface area contributed by atoms with E-state index >= 15 is 0 Å². The average molecular weight is 311 g/mol. The topological polar surface area (TPSA) is 61.3 Å². The van der Waals surface area contributed by atoms with E-state index in [0.717, 1.165) is 44.6 Å². The molecule has 5 nitrogen and oxygen atoms in total. The number of rotatable bonds is 3. The summed E-state index contributed by atoms with van der Waals surface area (Å²) in [4.78, 5) is 10.7. The number of halogens is 1. The van der Waals surface area contributed by atoms with Crippen LogP contribution < -0.4 is 5.32 Å². The molecule has 2 N–H and O–H groups in total. The van der Waals surface area contributed by atoms with E-state index in [1.165, 1.54) is 12.8 Å². The lowest BCUT2D eigenvalue weighted by Gasteiger charge is -2.41. The standard InChI is InChI=1S/C15H23ClN4O/c16-14-9-17-10-15(19-14)18-11-5-7-20(8-6-11)12-3-1-2-4-13(12)21/h9-13,21H,1-8H2,(H,18,19). The number of aliphatic hydroxyl groups is 1. The maximum absolute atomic E-state index is 10.2. The molecule has 3 rings (SSSR count). The highest BCUT2D eigenvalue weighted by atomic mass is 35.5. The fraction of sp³-hybridized carbons (Fsp3) is 0.733. The van der Waals surface area contributed by atoms with Gasteiger partial charge in [-0.15, -0.1) is 0 Å². The molecule has 0 radical (unpaired) electrons. The van der Waals surface area contributed by atoms with Crippen molar-refractivity contribution in [3.8, 4) is 0 Å². The molecule has 1 aromatic rings. The van der Waals surface area contributed by atoms with E-state index in [-0.39, 0.29) is 6.10 Å². The summed E-state index contributed by atoms with van der Waals surface area (Å²) in [5.74, 6) is 0.749. The Balaban J connectivity index is 1.50. The Hall–Kier alpha value is -0.910. The highest BCUT2D eigenvalue weighted by Gasteiger charge is 2.31. The van der Waals surface area contributed by atoms with E-state index in [4.69, 9.17) is 11.6 Å². The fourth-order valence-electron chi connectivity index (χ4n) is 3.51. The predicted octanol–water partition coefficient (Wildman–Crippen LogP) is 2.31. The molecule has 2 fully saturated rings. The van der Waals surface area contributed by atoms with Gasteiger partial charge in [-0.1, -0.05) is 24.4 Å². The lowest BCUT2D eigenvalue weighted by molar-refractivity contribution is 0.00992. The third-order valence-electron chi connectivity index (χ3n) is 4.65. The molecular formula is C15H23ClN4O. The van der Waals surface area contributed by atoms with Gasteiger partial charge in [-0.25, -0.2) is 4.98 Å². The molecule has 6 heteroatoms. The summed E-state index contributed by atoms with van der Waals surface area (Å²) >= 11 is 5.85. The minimum absolute atomic E-state index is 0.137. The molecule has 0 spiro atoms. The Labute approximate surface area is 130 Å². The summed E-state index contributed by atoms with van der Waals surface area (Å²) < 4.78 is 0. The van der Waals surface area contributed by atoms with Gasteiger partial charge in [0.1, 0.15) is 11.0 Å². The van der Waals surface area contributed by atoms with Crippen LogP contribution in [0, 0.1) is 0 Å². The summed E-state index contributed by atoms with van der Waals surface area (Å²) in [6.07, 6.45) is 9.76. The number of nitrogens with one attached hydrogen (secondary N) is 1. The maximum Gasteiger partial charge on any atom is 0.149 e. The smallest absolute Gasteiger partial charge is 0.149 e. The number of likely N-dealkylation sites (tertiary alicyclic amines) is 1. The summed E-state index contributed by atoms with van der Waals surface area (Å²) in [6, 6.07) is 0.778. The van der Waals surface area contributed by atoms with Crippen molar-refractivity contribution >= 4 is 17.4 Å². The van der Waals surface area contributed by atoms with Crippen LogP contribution >= 0.6 is 11.6 Å². The average Bonchev–Trinajstić information content (AvgIpc) is 2.49. The van der Waals surface area contributed by atoms with Crippen molar-refractivity contribution < 1.29 is 5.11 Å². The zero-order chi connectivity index (χ0) is 14.7. The van der Waals surface area contributed by atoms with Crippen molar-refractivity contribution in [2.45, 2.75) is 56.7 Å². The number of anilines is 1. The third-order valence-corrected chi connectivity index (χ3v) is 4.83. The largest absolute Gasteiger partial charge is 0.391 e. The first kappa shape index (κ1) is 15.0. The van der Waals surface area contributed by atoms with Crippen LogP contribution in [0.2, 0.25) is 5.15 Å². The molecule has 21 heavy (non-hydrogen) atoms. The van der Waals surface area contributed by atoms with E-state index in [1.54, 1.807) is 12.4 Å². The van der Waals surface area contributed by atoms with E-state index < -0.39 is 0 Å². The Morgan fingerprint density at radius 3 is 2.62 bits per heavy atom. The van der Waals surface area contributed by atoms with Crippen LogP contribution in [-0.2, 0) is 0 Å². The van der Waals surface area contributed by atoms with Crippen LogP contribution in [0.5, 0.6) is 0 Å². The van der Waals surface area contributed by atoms with Crippen LogP contribution in [0.1, 0.15) is 38.5 Å². The number of nitrogens with zero attached hydrogens (tertiary/aromatic N) is 3. The zero-order valence-electron chi connectivity index (χ0n) is 12.2. The number of hydrogen-bond acceptors (Lipinski definition) is 5. The molecule has 0 bridgehead atoms. The van der Waals surface area contributed by atoms with Crippen molar-refractivity contribution in [1.29, 1.82) is 0 Å². The molecule has 1 aliphatic heterocycles. The lowest BCUT2D eigenvalue weighted by Crippen LogP contribution is -2.50. The quantitative estimate of drug-likeness (QED) is 0.897. The number of piperidine rings is 1. The number of aliphatic hydroxyl groups excluding tert-OH is 1. The first-order chi connectivity index (χ1) is 10.2. The zero-order valence-corrected chi connectivity index (χ0v) is 13.0. The van der Waals surface area contributed by atoms with Gasteiger partial charge in [-0.3, -0.25) is 9.88 Å². The second-order valence-corrected chi connectivity index (χ2v) is 6.49. The summed E-state index contributed by atoms with van der Waals surface area (Å²) in [5, 5.41) is 14.0. The molecule has 1 saturated carbocycles. The third kappa shape index (κ3) is 3.84. The second-order valence-electron chi connectivity index (χ2n) is 6.10. The van der Waals surface area contributed by atoms with E-state index in [0.29, 0.717) is 17.2 Å². The van der Waals surface area contributed by atoms with Gasteiger partial charge in [-0.2, -0.15) is 0 Å². The maximum atomic E-state index is 10.2. The van der Waals surface area contributed by atoms with Crippen molar-refractivity contribution in [2.75, 3.05) is 18.4 Å². The van der Waals surface area contributed by atoms with Crippen LogP contribution in [0.3, 0.4) is 0 Å². The molecule has 1 saturated heterocycles. The van der Waals surface area contributed by atoms with Gasteiger partial charge < -0.3 is 10.4 Å². The van der Waals surface area contributed by atoms with Gasteiger partial charge in [0.2, 0.25) is 0 Å². The van der Waals surface area contributed by atoms with Gasteiger partial charge in [0.05, 0.1) is 18.5 Å². The number of aromatic nitrogens is 2. The molecule has 2 atom stereocenters. The second kappa shape index (κ2) is 6.90. The first-order valence-electron chi connectivity index (χ1n) is 7.88. The molecule has 0 aromatic carbocycles. The van der Waals surface area contributed by atoms with E-state index in [9.17, 15) is 5.11 Å². The minimum Gasteiger partial charge on any atom is -0.391 e. The van der Waals surface area contributed by atoms with Crippen LogP contribution in [0.15, 0.2) is 12.4 Å². The van der Waals surface area contributed by atoms with Gasteiger partial charge in [0.15, 0.2) is 0 Å². The van der Waals surface area contributed by atoms with Crippen molar-refractivity contribution in [2.24, 2.45) is 0 Å². The van der Waals surface area contributed by atoms with Crippen molar-refractivity contribution in [1.82, 2.24) is 14.9 Å². The summed E-state index contributed by atoms with van der Waals surface area (Å²) in [7, 11) is 0. The molecule has 1 aromatic heterocycles. The Morgan fingerprint density at radius 1 is 1.14 bits per heavy atom. The Morgan fingerprint density at radius 2 is 1.90 bits per heavy atom. The van der Waals surface area contributed by atoms with Gasteiger partial charge in [0.25, 0.3) is 0 Å². The van der Waals surface area contributed by atoms with Crippen molar-refractivity contribution in [3.05, 3.63) is 17.5 Å². The molecule has 1 aliphatic carbocycles. The normalized spacial score (nSPS) is 28.5. The van der Waals surface area contributed by atoms with Crippen LogP contribution in [0.4, 0.5) is 5.82 Å². The lowest BCUT2D eigenvalue weighted by atomic mass is 9.89. The number of hydrogen-bond donors (Lipinski definition) is 2. The summed E-state index contributed by atoms with van der Waals surface area (Å²) in [5.41, 5.74) is 0. The van der Waals surface area contributed by atoms with Crippen molar-refractivity contribution in [3.63, 3.8) is 0 Å². The Kier molecular flexibility index (Phi) is 4.93. The predicted molar refractivity (Wildman–Crippen MR) is 83.5 cm³/mol. The highest BCUT2D eigenvalue weighted by molar-refractivity contribution is 6.29. The monoisotopic (exact) mass is 310 g/mol. The van der Waals surface area contributed by atoms with E-state index in [1.807, 2.05) is 0 Å². The SMILES string of the molecule is OC1CCCCC1N1CCC(Nc2cncc(Cl)n2)CC1. The molecule has 2 unspecified atom stereocenters. The highest BCUT2D eigenvalue weighted by Crippen LogP contribution is 2.26. The molecule has 2 heterocycles.